The maximum absolute atomic E-state index is 4.40. The van der Waals surface area contributed by atoms with E-state index >= 15 is 0 Å². The van der Waals surface area contributed by atoms with E-state index in [4.69, 9.17) is 0 Å². The summed E-state index contributed by atoms with van der Waals surface area (Å²) in [6, 6.07) is 0.554. The van der Waals surface area contributed by atoms with Crippen LogP contribution in [0.25, 0.3) is 0 Å². The molecule has 10 heavy (non-hydrogen) atoms. The van der Waals surface area contributed by atoms with E-state index in [2.05, 4.69) is 17.5 Å². The predicted octanol–water partition coefficient (Wildman–Crippen LogP) is 1.99. The molecule has 1 fully saturated rings. The Morgan fingerprint density at radius 1 is 1.40 bits per heavy atom. The highest BCUT2D eigenvalue weighted by molar-refractivity contribution is 5.23. The van der Waals surface area contributed by atoms with Crippen molar-refractivity contribution in [3.05, 3.63) is 23.9 Å². The average Bonchev–Trinajstić information content (AvgIpc) is 2.05. The average molecular weight is 134 g/mol. The molecule has 0 aromatic heterocycles. The summed E-state index contributed by atoms with van der Waals surface area (Å²) in [6.45, 7) is 0. The second-order valence-corrected chi connectivity index (χ2v) is 2.99. The lowest BCUT2D eigenvalue weighted by Crippen LogP contribution is -2.25. The molecule has 0 aromatic carbocycles. The van der Waals surface area contributed by atoms with Crippen LogP contribution in [-0.4, -0.2) is 6.04 Å². The number of allylic oxidation sites excluding steroid dienone is 2. The monoisotopic (exact) mass is 134 g/mol. The van der Waals surface area contributed by atoms with Crippen molar-refractivity contribution in [2.45, 2.75) is 31.7 Å². The van der Waals surface area contributed by atoms with Gasteiger partial charge in [-0.2, -0.15) is 0 Å². The quantitative estimate of drug-likeness (QED) is 0.481. The molecule has 0 bridgehead atoms. The Morgan fingerprint density at radius 2 is 2.40 bits per heavy atom. The van der Waals surface area contributed by atoms with Gasteiger partial charge in [-0.3, -0.25) is 5.32 Å². The van der Waals surface area contributed by atoms with Crippen molar-refractivity contribution in [2.75, 3.05) is 0 Å². The summed E-state index contributed by atoms with van der Waals surface area (Å²) in [5, 5.41) is 4.40. The van der Waals surface area contributed by atoms with Gasteiger partial charge in [-0.25, -0.2) is 0 Å². The fourth-order valence-electron chi connectivity index (χ4n) is 1.70. The highest BCUT2D eigenvalue weighted by Gasteiger charge is 2.19. The Hall–Kier alpha value is -0.720. The van der Waals surface area contributed by atoms with E-state index in [0.717, 1.165) is 0 Å². The fraction of sp³-hybridized carbons (Fsp3) is 0.556. The number of fused-ring (bicyclic) bond motifs is 1. The lowest BCUT2D eigenvalue weighted by molar-refractivity contribution is 0.485. The summed E-state index contributed by atoms with van der Waals surface area (Å²) in [6.07, 6.45) is 11.5. The summed E-state index contributed by atoms with van der Waals surface area (Å²) in [5.41, 5.74) is 1.55. The third-order valence-corrected chi connectivity index (χ3v) is 2.28. The largest absolute Gasteiger partial charge is 0.285 e. The van der Waals surface area contributed by atoms with Crippen molar-refractivity contribution >= 4 is 0 Å². The van der Waals surface area contributed by atoms with Crippen molar-refractivity contribution in [1.29, 1.82) is 0 Å². The van der Waals surface area contributed by atoms with Crippen LogP contribution in [0.1, 0.15) is 25.7 Å². The molecule has 1 atom stereocenters. The van der Waals surface area contributed by atoms with E-state index < -0.39 is 0 Å². The molecule has 1 heterocycles. The van der Waals surface area contributed by atoms with Crippen LogP contribution in [0.3, 0.4) is 0 Å². The molecule has 0 spiro atoms. The van der Waals surface area contributed by atoms with Gasteiger partial charge in [0.05, 0.1) is 6.04 Å². The molecular weight excluding hydrogens is 122 g/mol. The van der Waals surface area contributed by atoms with Crippen molar-refractivity contribution in [3.63, 3.8) is 0 Å². The van der Waals surface area contributed by atoms with Gasteiger partial charge in [0.1, 0.15) is 0 Å². The molecule has 1 heteroatoms. The third-order valence-electron chi connectivity index (χ3n) is 2.28. The Morgan fingerprint density at radius 3 is 3.30 bits per heavy atom. The van der Waals surface area contributed by atoms with Gasteiger partial charge in [-0.05, 0) is 30.9 Å². The minimum atomic E-state index is 0.554. The van der Waals surface area contributed by atoms with Gasteiger partial charge in [0.25, 0.3) is 0 Å². The molecule has 1 aliphatic heterocycles. The third kappa shape index (κ3) is 0.962. The van der Waals surface area contributed by atoms with Crippen molar-refractivity contribution < 1.29 is 0 Å². The van der Waals surface area contributed by atoms with E-state index in [1.54, 1.807) is 5.57 Å². The first-order chi connectivity index (χ1) is 4.97. The minimum Gasteiger partial charge on any atom is -0.285 e. The number of nitrogens with zero attached hydrogens (tertiary/aromatic N) is 1. The van der Waals surface area contributed by atoms with Crippen LogP contribution < -0.4 is 5.32 Å². The zero-order chi connectivity index (χ0) is 6.81. The summed E-state index contributed by atoms with van der Waals surface area (Å²) >= 11 is 0. The maximum atomic E-state index is 4.40. The SMILES string of the molecule is C1=C[N]C2CCCCC2=C1. The summed E-state index contributed by atoms with van der Waals surface area (Å²) in [7, 11) is 0. The molecule has 0 amide bonds. The van der Waals surface area contributed by atoms with E-state index in [9.17, 15) is 0 Å². The fourth-order valence-corrected chi connectivity index (χ4v) is 1.70. The first-order valence-corrected chi connectivity index (χ1v) is 4.02. The normalized spacial score (nSPS) is 30.4. The van der Waals surface area contributed by atoms with Crippen LogP contribution in [0.5, 0.6) is 0 Å². The Labute approximate surface area is 61.8 Å². The molecule has 0 N–H and O–H groups in total. The Balaban J connectivity index is 2.14. The van der Waals surface area contributed by atoms with Crippen molar-refractivity contribution in [2.24, 2.45) is 0 Å². The van der Waals surface area contributed by atoms with Gasteiger partial charge in [0, 0.05) is 6.20 Å². The van der Waals surface area contributed by atoms with Crippen LogP contribution in [0.2, 0.25) is 0 Å². The molecule has 1 saturated carbocycles. The first kappa shape index (κ1) is 6.02. The van der Waals surface area contributed by atoms with Crippen LogP contribution in [-0.2, 0) is 0 Å². The number of rotatable bonds is 0. The van der Waals surface area contributed by atoms with Crippen molar-refractivity contribution in [1.82, 2.24) is 5.32 Å². The molecule has 1 radical (unpaired) electrons. The second kappa shape index (κ2) is 2.49. The zero-order valence-electron chi connectivity index (χ0n) is 6.09. The lowest BCUT2D eigenvalue weighted by Gasteiger charge is -2.25. The van der Waals surface area contributed by atoms with Gasteiger partial charge < -0.3 is 0 Å². The molecule has 2 rings (SSSR count). The van der Waals surface area contributed by atoms with Crippen molar-refractivity contribution in [3.8, 4) is 0 Å². The Bertz CT molecular complexity index is 179. The summed E-state index contributed by atoms with van der Waals surface area (Å²) in [5.74, 6) is 0. The lowest BCUT2D eigenvalue weighted by atomic mass is 9.89. The molecule has 1 aliphatic carbocycles. The predicted molar refractivity (Wildman–Crippen MR) is 41.6 cm³/mol. The van der Waals surface area contributed by atoms with E-state index in [1.165, 1.54) is 25.7 Å². The second-order valence-electron chi connectivity index (χ2n) is 2.99. The first-order valence-electron chi connectivity index (χ1n) is 4.02. The van der Waals surface area contributed by atoms with Gasteiger partial charge in [0.15, 0.2) is 0 Å². The smallest absolute Gasteiger partial charge is 0.0712 e. The van der Waals surface area contributed by atoms with Crippen LogP contribution in [0, 0.1) is 0 Å². The standard InChI is InChI=1S/C9H12N/c1-2-6-9-8(4-1)5-3-7-10-9/h3,5,7,9H,1-2,4,6H2. The maximum Gasteiger partial charge on any atom is 0.0712 e. The summed E-state index contributed by atoms with van der Waals surface area (Å²) in [4.78, 5) is 0. The molecule has 0 aromatic rings. The molecule has 2 aliphatic rings. The topological polar surface area (TPSA) is 14.1 Å². The Kier molecular flexibility index (Phi) is 1.50. The van der Waals surface area contributed by atoms with Gasteiger partial charge in [-0.1, -0.05) is 12.5 Å². The van der Waals surface area contributed by atoms with Crippen LogP contribution in [0.15, 0.2) is 23.9 Å². The number of hydrogen-bond acceptors (Lipinski definition) is 0. The zero-order valence-corrected chi connectivity index (χ0v) is 6.09. The molecule has 0 saturated heterocycles. The van der Waals surface area contributed by atoms with Gasteiger partial charge in [-0.15, -0.1) is 0 Å². The van der Waals surface area contributed by atoms with E-state index in [1.807, 2.05) is 6.20 Å². The highest BCUT2D eigenvalue weighted by atomic mass is 14.9. The van der Waals surface area contributed by atoms with E-state index in [-0.39, 0.29) is 0 Å². The van der Waals surface area contributed by atoms with Gasteiger partial charge >= 0.3 is 0 Å². The molecule has 1 nitrogen and oxygen atoms in total. The summed E-state index contributed by atoms with van der Waals surface area (Å²) < 4.78 is 0. The van der Waals surface area contributed by atoms with Crippen LogP contribution >= 0.6 is 0 Å². The van der Waals surface area contributed by atoms with Crippen LogP contribution in [0.4, 0.5) is 0 Å². The highest BCUT2D eigenvalue weighted by Crippen LogP contribution is 2.25. The van der Waals surface area contributed by atoms with E-state index in [0.29, 0.717) is 6.04 Å². The number of hydrogen-bond donors (Lipinski definition) is 0. The van der Waals surface area contributed by atoms with Gasteiger partial charge in [0.2, 0.25) is 0 Å². The molecule has 53 valence electrons. The minimum absolute atomic E-state index is 0.554. The molecule has 1 unspecified atom stereocenters. The molecular formula is C9H12N.